The lowest BCUT2D eigenvalue weighted by atomic mass is 9.91. The highest BCUT2D eigenvalue weighted by molar-refractivity contribution is 6.17. The summed E-state index contributed by atoms with van der Waals surface area (Å²) >= 11 is 5.40. The molecule has 0 atom stereocenters. The van der Waals surface area contributed by atoms with Crippen molar-refractivity contribution in [3.8, 4) is 0 Å². The molecule has 20 heavy (non-hydrogen) atoms. The summed E-state index contributed by atoms with van der Waals surface area (Å²) in [6, 6.07) is -0.209. The molecule has 0 bridgehead atoms. The Bertz CT molecular complexity index is 358. The molecule has 0 aliphatic carbocycles. The van der Waals surface area contributed by atoms with Gasteiger partial charge in [-0.25, -0.2) is 9.59 Å². The van der Waals surface area contributed by atoms with Crippen LogP contribution >= 0.6 is 11.6 Å². The molecule has 1 rings (SSSR count). The molecule has 1 fully saturated rings. The van der Waals surface area contributed by atoms with Gasteiger partial charge in [-0.2, -0.15) is 0 Å². The van der Waals surface area contributed by atoms with Crippen LogP contribution in [0.4, 0.5) is 4.79 Å². The maximum absolute atomic E-state index is 11.9. The van der Waals surface area contributed by atoms with E-state index in [1.54, 1.807) is 4.90 Å². The molecule has 6 nitrogen and oxygen atoms in total. The number of piperidine rings is 1. The summed E-state index contributed by atoms with van der Waals surface area (Å²) in [5.41, 5.74) is -1.56. The number of rotatable bonds is 3. The summed E-state index contributed by atoms with van der Waals surface area (Å²) in [6.45, 7) is 6.19. The molecule has 0 spiro atoms. The quantitative estimate of drug-likeness (QED) is 0.590. The summed E-state index contributed by atoms with van der Waals surface area (Å²) in [7, 11) is 1.46. The van der Waals surface area contributed by atoms with Crippen LogP contribution in [0.5, 0.6) is 0 Å². The van der Waals surface area contributed by atoms with Crippen molar-refractivity contribution in [2.24, 2.45) is 0 Å². The zero-order chi connectivity index (χ0) is 15.4. The second-order valence-electron chi connectivity index (χ2n) is 5.71. The molecule has 1 aliphatic rings. The Hall–Kier alpha value is -1.01. The lowest BCUT2D eigenvalue weighted by molar-refractivity contribution is -0.172. The molecule has 116 valence electrons. The second-order valence-corrected chi connectivity index (χ2v) is 5.92. The molecule has 0 aromatic rings. The molecule has 1 amide bonds. The maximum Gasteiger partial charge on any atom is 0.410 e. The van der Waals surface area contributed by atoms with Gasteiger partial charge in [0, 0.05) is 33.0 Å². The molecule has 7 heteroatoms. The first kappa shape index (κ1) is 17.0. The number of hydrogen-bond donors (Lipinski definition) is 0. The van der Waals surface area contributed by atoms with E-state index in [2.05, 4.69) is 0 Å². The zero-order valence-corrected chi connectivity index (χ0v) is 13.2. The Labute approximate surface area is 124 Å². The van der Waals surface area contributed by atoms with Crippen molar-refractivity contribution in [1.82, 2.24) is 4.90 Å². The Morgan fingerprint density at radius 1 is 1.25 bits per heavy atom. The van der Waals surface area contributed by atoms with E-state index in [-0.39, 0.29) is 12.2 Å². The molecule has 1 saturated heterocycles. The van der Waals surface area contributed by atoms with Crippen LogP contribution in [0.15, 0.2) is 0 Å². The molecular weight excluding hydrogens is 286 g/mol. The van der Waals surface area contributed by atoms with E-state index in [4.69, 9.17) is 25.8 Å². The average Bonchev–Trinajstić information content (AvgIpc) is 2.37. The van der Waals surface area contributed by atoms with Crippen LogP contribution in [0.3, 0.4) is 0 Å². The Balaban J connectivity index is 2.61. The third-order valence-electron chi connectivity index (χ3n) is 3.17. The van der Waals surface area contributed by atoms with Crippen LogP contribution in [0.2, 0.25) is 0 Å². The van der Waals surface area contributed by atoms with Crippen LogP contribution in [0.1, 0.15) is 33.6 Å². The van der Waals surface area contributed by atoms with Crippen LogP contribution in [-0.2, 0) is 19.0 Å². The molecule has 1 heterocycles. The number of methoxy groups -OCH3 is 1. The predicted molar refractivity (Wildman–Crippen MR) is 73.6 cm³/mol. The molecule has 0 radical (unpaired) electrons. The zero-order valence-electron chi connectivity index (χ0n) is 12.4. The number of alkyl halides is 1. The number of likely N-dealkylation sites (tertiary alicyclic amines) is 1. The fraction of sp³-hybridized carbons (Fsp3) is 0.846. The lowest BCUT2D eigenvalue weighted by Crippen LogP contribution is -2.53. The third kappa shape index (κ3) is 4.24. The lowest BCUT2D eigenvalue weighted by Gasteiger charge is -2.38. The second kappa shape index (κ2) is 6.63. The number of hydrogen-bond acceptors (Lipinski definition) is 5. The molecule has 1 aliphatic heterocycles. The van der Waals surface area contributed by atoms with Crippen molar-refractivity contribution in [3.63, 3.8) is 0 Å². The first-order valence-electron chi connectivity index (χ1n) is 6.50. The van der Waals surface area contributed by atoms with Gasteiger partial charge in [-0.3, -0.25) is 0 Å². The normalized spacial score (nSPS) is 18.6. The molecule has 0 aromatic carbocycles. The number of amides is 1. The molecule has 0 saturated carbocycles. The topological polar surface area (TPSA) is 65.1 Å². The van der Waals surface area contributed by atoms with Gasteiger partial charge in [-0.05, 0) is 20.8 Å². The first-order valence-corrected chi connectivity index (χ1v) is 7.04. The molecule has 0 aromatic heterocycles. The van der Waals surface area contributed by atoms with E-state index in [0.29, 0.717) is 25.9 Å². The standard InChI is InChI=1S/C13H22ClNO5/c1-12(2,3)20-11(17)15-7-5-13(18-4,6-8-15)10(16)19-9-14/h5-9H2,1-4H3. The Morgan fingerprint density at radius 2 is 1.80 bits per heavy atom. The summed E-state index contributed by atoms with van der Waals surface area (Å²) in [5.74, 6) is -0.487. The van der Waals surface area contributed by atoms with Gasteiger partial charge >= 0.3 is 12.1 Å². The fourth-order valence-corrected chi connectivity index (χ4v) is 2.15. The average molecular weight is 308 g/mol. The predicted octanol–water partition coefficient (Wildman–Crippen LogP) is 2.14. The van der Waals surface area contributed by atoms with Gasteiger partial charge in [0.05, 0.1) is 0 Å². The van der Waals surface area contributed by atoms with Crippen LogP contribution in [0.25, 0.3) is 0 Å². The third-order valence-corrected chi connectivity index (χ3v) is 3.28. The van der Waals surface area contributed by atoms with Crippen molar-refractivity contribution < 1.29 is 23.8 Å². The van der Waals surface area contributed by atoms with Crippen molar-refractivity contribution in [3.05, 3.63) is 0 Å². The van der Waals surface area contributed by atoms with E-state index in [0.717, 1.165) is 0 Å². The highest BCUT2D eigenvalue weighted by Crippen LogP contribution is 2.28. The number of carbonyl (C=O) groups is 2. The number of halogens is 1. The molecular formula is C13H22ClNO5. The van der Waals surface area contributed by atoms with Gasteiger partial charge in [0.25, 0.3) is 0 Å². The van der Waals surface area contributed by atoms with Gasteiger partial charge in [0.15, 0.2) is 11.7 Å². The van der Waals surface area contributed by atoms with E-state index in [9.17, 15) is 9.59 Å². The first-order chi connectivity index (χ1) is 9.24. The van der Waals surface area contributed by atoms with E-state index < -0.39 is 17.2 Å². The van der Waals surface area contributed by atoms with Crippen molar-refractivity contribution >= 4 is 23.7 Å². The summed E-state index contributed by atoms with van der Waals surface area (Å²) in [4.78, 5) is 25.4. The Morgan fingerprint density at radius 3 is 2.20 bits per heavy atom. The van der Waals surface area contributed by atoms with Crippen LogP contribution in [-0.4, -0.2) is 54.4 Å². The van der Waals surface area contributed by atoms with E-state index in [1.807, 2.05) is 20.8 Å². The van der Waals surface area contributed by atoms with Gasteiger partial charge in [-0.1, -0.05) is 11.6 Å². The SMILES string of the molecule is COC1(C(=O)OCCl)CCN(C(=O)OC(C)(C)C)CC1. The minimum absolute atomic E-state index is 0.209. The summed E-state index contributed by atoms with van der Waals surface area (Å²) < 4.78 is 15.4. The van der Waals surface area contributed by atoms with Crippen molar-refractivity contribution in [1.29, 1.82) is 0 Å². The van der Waals surface area contributed by atoms with Gasteiger partial charge in [0.1, 0.15) is 5.60 Å². The van der Waals surface area contributed by atoms with Gasteiger partial charge < -0.3 is 19.1 Å². The van der Waals surface area contributed by atoms with Crippen molar-refractivity contribution in [2.75, 3.05) is 26.3 Å². The van der Waals surface area contributed by atoms with E-state index >= 15 is 0 Å². The highest BCUT2D eigenvalue weighted by Gasteiger charge is 2.44. The Kier molecular flexibility index (Phi) is 5.65. The number of carbonyl (C=O) groups excluding carboxylic acids is 2. The maximum atomic E-state index is 11.9. The monoisotopic (exact) mass is 307 g/mol. The van der Waals surface area contributed by atoms with E-state index in [1.165, 1.54) is 7.11 Å². The number of nitrogens with zero attached hydrogens (tertiary/aromatic N) is 1. The number of esters is 1. The largest absolute Gasteiger partial charge is 0.447 e. The van der Waals surface area contributed by atoms with Gasteiger partial charge in [0.2, 0.25) is 0 Å². The number of ether oxygens (including phenoxy) is 3. The summed E-state index contributed by atoms with van der Waals surface area (Å²) in [6.07, 6.45) is 0.338. The van der Waals surface area contributed by atoms with Crippen molar-refractivity contribution in [2.45, 2.75) is 44.8 Å². The minimum atomic E-state index is -1.02. The smallest absolute Gasteiger partial charge is 0.410 e. The molecule has 0 N–H and O–H groups in total. The van der Waals surface area contributed by atoms with Crippen LogP contribution < -0.4 is 0 Å². The highest BCUT2D eigenvalue weighted by atomic mass is 35.5. The fourth-order valence-electron chi connectivity index (χ4n) is 2.05. The molecule has 0 unspecified atom stereocenters. The van der Waals surface area contributed by atoms with Gasteiger partial charge in [-0.15, -0.1) is 0 Å². The summed E-state index contributed by atoms with van der Waals surface area (Å²) in [5, 5.41) is 0. The minimum Gasteiger partial charge on any atom is -0.447 e. The van der Waals surface area contributed by atoms with Crippen LogP contribution in [0, 0.1) is 0 Å².